The highest BCUT2D eigenvalue weighted by Gasteiger charge is 2.17. The quantitative estimate of drug-likeness (QED) is 0.707. The van der Waals surface area contributed by atoms with Crippen molar-refractivity contribution in [2.75, 3.05) is 31.6 Å². The Morgan fingerprint density at radius 3 is 2.18 bits per heavy atom. The molecule has 1 rings (SSSR count). The Morgan fingerprint density at radius 2 is 1.68 bits per heavy atom. The SMILES string of the molecule is CCS(=O)(=O)NCCN(CCc1ccc(Cl)cc1)S(C)(=O)=O. The highest BCUT2D eigenvalue weighted by Crippen LogP contribution is 2.11. The third kappa shape index (κ3) is 7.06. The molecule has 0 atom stereocenters. The van der Waals surface area contributed by atoms with Crippen molar-refractivity contribution in [3.05, 3.63) is 34.9 Å². The summed E-state index contributed by atoms with van der Waals surface area (Å²) < 4.78 is 49.8. The number of nitrogens with zero attached hydrogens (tertiary/aromatic N) is 1. The number of sulfonamides is 2. The number of hydrogen-bond acceptors (Lipinski definition) is 4. The Labute approximate surface area is 137 Å². The summed E-state index contributed by atoms with van der Waals surface area (Å²) in [6.45, 7) is 1.97. The Bertz CT molecular complexity index is 672. The monoisotopic (exact) mass is 368 g/mol. The number of hydrogen-bond donors (Lipinski definition) is 1. The van der Waals surface area contributed by atoms with Crippen molar-refractivity contribution in [3.63, 3.8) is 0 Å². The number of rotatable bonds is 9. The average Bonchev–Trinajstić information content (AvgIpc) is 2.43. The molecule has 0 heterocycles. The van der Waals surface area contributed by atoms with Crippen LogP contribution in [-0.2, 0) is 26.5 Å². The van der Waals surface area contributed by atoms with Crippen molar-refractivity contribution in [3.8, 4) is 0 Å². The van der Waals surface area contributed by atoms with Crippen LogP contribution in [0.4, 0.5) is 0 Å². The van der Waals surface area contributed by atoms with E-state index in [1.807, 2.05) is 12.1 Å². The molecule has 1 aromatic carbocycles. The summed E-state index contributed by atoms with van der Waals surface area (Å²) in [6, 6.07) is 7.17. The van der Waals surface area contributed by atoms with Crippen LogP contribution in [0.1, 0.15) is 12.5 Å². The number of halogens is 1. The summed E-state index contributed by atoms with van der Waals surface area (Å²) in [6.07, 6.45) is 1.65. The first kappa shape index (κ1) is 19.4. The van der Waals surface area contributed by atoms with Gasteiger partial charge in [0.2, 0.25) is 20.0 Å². The first-order valence-electron chi connectivity index (χ1n) is 6.81. The molecule has 9 heteroatoms. The zero-order valence-electron chi connectivity index (χ0n) is 12.6. The Hall–Kier alpha value is -0.670. The highest BCUT2D eigenvalue weighted by atomic mass is 35.5. The van der Waals surface area contributed by atoms with E-state index in [-0.39, 0.29) is 25.4 Å². The van der Waals surface area contributed by atoms with Gasteiger partial charge in [-0.3, -0.25) is 0 Å². The molecular weight excluding hydrogens is 348 g/mol. The molecule has 0 spiro atoms. The van der Waals surface area contributed by atoms with Gasteiger partial charge in [0, 0.05) is 24.7 Å². The lowest BCUT2D eigenvalue weighted by Gasteiger charge is -2.20. The van der Waals surface area contributed by atoms with Gasteiger partial charge < -0.3 is 0 Å². The van der Waals surface area contributed by atoms with Gasteiger partial charge in [0.25, 0.3) is 0 Å². The van der Waals surface area contributed by atoms with Crippen molar-refractivity contribution < 1.29 is 16.8 Å². The van der Waals surface area contributed by atoms with Gasteiger partial charge in [-0.25, -0.2) is 25.9 Å². The molecule has 0 aliphatic rings. The smallest absolute Gasteiger partial charge is 0.211 e. The standard InChI is InChI=1S/C13H21ClN2O4S2/c1-3-22(19,20)15-9-11-16(21(2,17)18)10-8-12-4-6-13(14)7-5-12/h4-7,15H,3,8-11H2,1-2H3. The van der Waals surface area contributed by atoms with Crippen LogP contribution in [0.5, 0.6) is 0 Å². The largest absolute Gasteiger partial charge is 0.214 e. The zero-order valence-corrected chi connectivity index (χ0v) is 15.0. The second-order valence-electron chi connectivity index (χ2n) is 4.84. The van der Waals surface area contributed by atoms with Gasteiger partial charge in [-0.1, -0.05) is 23.7 Å². The van der Waals surface area contributed by atoms with Crippen LogP contribution in [0.25, 0.3) is 0 Å². The summed E-state index contributed by atoms with van der Waals surface area (Å²) in [5.41, 5.74) is 0.965. The molecule has 0 aliphatic carbocycles. The lowest BCUT2D eigenvalue weighted by molar-refractivity contribution is 0.420. The number of benzene rings is 1. The van der Waals surface area contributed by atoms with Crippen molar-refractivity contribution in [2.45, 2.75) is 13.3 Å². The Kier molecular flexibility index (Phi) is 7.27. The Balaban J connectivity index is 2.60. The maximum absolute atomic E-state index is 11.8. The normalized spacial score (nSPS) is 12.7. The maximum atomic E-state index is 11.8. The molecule has 0 radical (unpaired) electrons. The third-order valence-electron chi connectivity index (χ3n) is 3.10. The van der Waals surface area contributed by atoms with Crippen molar-refractivity contribution >= 4 is 31.6 Å². The fourth-order valence-corrected chi connectivity index (χ4v) is 3.35. The van der Waals surface area contributed by atoms with E-state index in [9.17, 15) is 16.8 Å². The molecule has 1 N–H and O–H groups in total. The summed E-state index contributed by atoms with van der Waals surface area (Å²) in [7, 11) is -6.71. The predicted molar refractivity (Wildman–Crippen MR) is 89.0 cm³/mol. The highest BCUT2D eigenvalue weighted by molar-refractivity contribution is 7.89. The molecule has 6 nitrogen and oxygen atoms in total. The summed E-state index contributed by atoms with van der Waals surface area (Å²) in [4.78, 5) is 0. The van der Waals surface area contributed by atoms with E-state index >= 15 is 0 Å². The van der Waals surface area contributed by atoms with Crippen LogP contribution < -0.4 is 4.72 Å². The van der Waals surface area contributed by atoms with Crippen LogP contribution >= 0.6 is 11.6 Å². The number of nitrogens with one attached hydrogen (secondary N) is 1. The molecule has 0 amide bonds. The molecule has 0 saturated heterocycles. The van der Waals surface area contributed by atoms with Gasteiger partial charge in [0.15, 0.2) is 0 Å². The van der Waals surface area contributed by atoms with Crippen molar-refractivity contribution in [2.24, 2.45) is 0 Å². The third-order valence-corrected chi connectivity index (χ3v) is 6.05. The molecule has 0 bridgehead atoms. The summed E-state index contributed by atoms with van der Waals surface area (Å²) >= 11 is 5.80. The van der Waals surface area contributed by atoms with E-state index in [1.165, 1.54) is 11.2 Å². The summed E-state index contributed by atoms with van der Waals surface area (Å²) in [5.74, 6) is -0.0311. The van der Waals surface area contributed by atoms with Crippen LogP contribution in [-0.4, -0.2) is 52.8 Å². The van der Waals surface area contributed by atoms with E-state index in [4.69, 9.17) is 11.6 Å². The van der Waals surface area contributed by atoms with E-state index in [0.29, 0.717) is 11.4 Å². The summed E-state index contributed by atoms with van der Waals surface area (Å²) in [5, 5.41) is 0.623. The second-order valence-corrected chi connectivity index (χ2v) is 9.35. The van der Waals surface area contributed by atoms with Gasteiger partial charge in [-0.05, 0) is 31.0 Å². The van der Waals surface area contributed by atoms with Crippen LogP contribution in [0.2, 0.25) is 5.02 Å². The fourth-order valence-electron chi connectivity index (χ4n) is 1.78. The van der Waals surface area contributed by atoms with Crippen molar-refractivity contribution in [1.29, 1.82) is 0 Å². The fraction of sp³-hybridized carbons (Fsp3) is 0.538. The van der Waals surface area contributed by atoms with E-state index < -0.39 is 20.0 Å². The molecule has 0 aromatic heterocycles. The maximum Gasteiger partial charge on any atom is 0.211 e. The zero-order chi connectivity index (χ0) is 16.8. The first-order valence-corrected chi connectivity index (χ1v) is 10.7. The Morgan fingerprint density at radius 1 is 1.09 bits per heavy atom. The molecule has 0 fully saturated rings. The van der Waals surface area contributed by atoms with Gasteiger partial charge in [0.05, 0.1) is 12.0 Å². The minimum absolute atomic E-state index is 0.0311. The molecule has 0 saturated carbocycles. The molecule has 22 heavy (non-hydrogen) atoms. The van der Waals surface area contributed by atoms with E-state index in [1.54, 1.807) is 12.1 Å². The van der Waals surface area contributed by atoms with Gasteiger partial charge in [-0.2, -0.15) is 0 Å². The lowest BCUT2D eigenvalue weighted by Crippen LogP contribution is -2.39. The average molecular weight is 369 g/mol. The van der Waals surface area contributed by atoms with Crippen LogP contribution in [0, 0.1) is 0 Å². The predicted octanol–water partition coefficient (Wildman–Crippen LogP) is 1.08. The molecule has 1 aromatic rings. The van der Waals surface area contributed by atoms with Gasteiger partial charge >= 0.3 is 0 Å². The topological polar surface area (TPSA) is 83.6 Å². The molecule has 0 unspecified atom stereocenters. The van der Waals surface area contributed by atoms with E-state index in [2.05, 4.69) is 4.72 Å². The van der Waals surface area contributed by atoms with Crippen molar-refractivity contribution in [1.82, 2.24) is 9.03 Å². The molecular formula is C13H21ClN2O4S2. The lowest BCUT2D eigenvalue weighted by atomic mass is 10.1. The first-order chi connectivity index (χ1) is 10.1. The van der Waals surface area contributed by atoms with Crippen LogP contribution in [0.15, 0.2) is 24.3 Å². The minimum Gasteiger partial charge on any atom is -0.214 e. The van der Waals surface area contributed by atoms with Crippen LogP contribution in [0.3, 0.4) is 0 Å². The van der Waals surface area contributed by atoms with Gasteiger partial charge in [0.1, 0.15) is 0 Å². The second kappa shape index (κ2) is 8.26. The van der Waals surface area contributed by atoms with E-state index in [0.717, 1.165) is 11.8 Å². The van der Waals surface area contributed by atoms with Gasteiger partial charge in [-0.15, -0.1) is 0 Å². The minimum atomic E-state index is -3.40. The molecule has 126 valence electrons. The molecule has 0 aliphatic heterocycles.